The molecule has 2 heterocycles. The Balaban J connectivity index is 1.46. The summed E-state index contributed by atoms with van der Waals surface area (Å²) in [4.78, 5) is 40.9. The van der Waals surface area contributed by atoms with E-state index in [0.29, 0.717) is 28.9 Å². The average Bonchev–Trinajstić information content (AvgIpc) is 3.24. The summed E-state index contributed by atoms with van der Waals surface area (Å²) >= 11 is 0. The number of aromatic nitrogens is 1. The lowest BCUT2D eigenvalue weighted by Crippen LogP contribution is -2.33. The third kappa shape index (κ3) is 5.84. The first-order valence-electron chi connectivity index (χ1n) is 11.4. The predicted molar refractivity (Wildman–Crippen MR) is 131 cm³/mol. The largest absolute Gasteiger partial charge is 0.442 e. The summed E-state index contributed by atoms with van der Waals surface area (Å²) in [5.41, 5.74) is 8.30. The van der Waals surface area contributed by atoms with Crippen LogP contribution in [0.5, 0.6) is 0 Å². The van der Waals surface area contributed by atoms with Gasteiger partial charge in [0.15, 0.2) is 0 Å². The molecular weight excluding hydrogens is 465 g/mol. The summed E-state index contributed by atoms with van der Waals surface area (Å²) in [6.07, 6.45) is 0.556. The van der Waals surface area contributed by atoms with Crippen LogP contribution in [0.25, 0.3) is 11.1 Å². The van der Waals surface area contributed by atoms with Gasteiger partial charge in [-0.2, -0.15) is 0 Å². The summed E-state index contributed by atoms with van der Waals surface area (Å²) < 4.78 is 20.3. The maximum absolute atomic E-state index is 15.0. The Bertz CT molecular complexity index is 1250. The zero-order valence-electron chi connectivity index (χ0n) is 19.6. The number of cyclic esters (lactones) is 1. The molecule has 1 unspecified atom stereocenters. The third-order valence-corrected chi connectivity index (χ3v) is 5.77. The van der Waals surface area contributed by atoms with Crippen LogP contribution >= 0.6 is 0 Å². The van der Waals surface area contributed by atoms with Crippen molar-refractivity contribution in [3.63, 3.8) is 0 Å². The Morgan fingerprint density at radius 1 is 1.19 bits per heavy atom. The summed E-state index contributed by atoms with van der Waals surface area (Å²) in [6, 6.07) is 16.1. The van der Waals surface area contributed by atoms with Crippen molar-refractivity contribution in [1.29, 1.82) is 0 Å². The maximum Gasteiger partial charge on any atom is 0.414 e. The molecule has 9 nitrogen and oxygen atoms in total. The minimum atomic E-state index is -0.736. The fourth-order valence-corrected chi connectivity index (χ4v) is 3.95. The number of rotatable bonds is 9. The lowest BCUT2D eigenvalue weighted by atomic mass is 9.99. The Hall–Kier alpha value is -4.31. The molecule has 3 amide bonds. The molecular formula is C26H26FN5O4. The summed E-state index contributed by atoms with van der Waals surface area (Å²) in [6.45, 7) is 2.12. The second kappa shape index (κ2) is 11.0. The molecule has 2 aromatic carbocycles. The second-order valence-corrected chi connectivity index (χ2v) is 8.38. The molecule has 0 spiro atoms. The van der Waals surface area contributed by atoms with E-state index in [9.17, 15) is 14.4 Å². The van der Waals surface area contributed by atoms with Crippen LogP contribution in [0.1, 0.15) is 24.2 Å². The lowest BCUT2D eigenvalue weighted by Gasteiger charge is -2.17. The van der Waals surface area contributed by atoms with Gasteiger partial charge in [-0.1, -0.05) is 30.3 Å². The number of nitrogens with one attached hydrogen (secondary N) is 2. The molecule has 186 valence electrons. The highest BCUT2D eigenvalue weighted by Crippen LogP contribution is 2.30. The number of anilines is 1. The van der Waals surface area contributed by atoms with Crippen molar-refractivity contribution in [2.75, 3.05) is 18.0 Å². The van der Waals surface area contributed by atoms with Gasteiger partial charge < -0.3 is 15.8 Å². The summed E-state index contributed by atoms with van der Waals surface area (Å²) in [5.74, 6) is -1.28. The van der Waals surface area contributed by atoms with E-state index in [1.807, 2.05) is 12.1 Å². The highest BCUT2D eigenvalue weighted by atomic mass is 19.1. The van der Waals surface area contributed by atoms with Crippen LogP contribution in [-0.2, 0) is 20.9 Å². The molecule has 0 saturated carbocycles. The minimum absolute atomic E-state index is 0.188. The standard InChI is InChI=1S/C26H26FN5O4/c1-16(33)30-14-21-15-32(26(35)36-21)20-9-10-22(23(27)12-20)17-5-7-18(8-6-17)24(25(28)34)31-13-19-4-2-3-11-29-19/h2-12,21,24,31H,13-15H2,1H3,(H2,28,34)(H,30,33)/t21-,24?/m0/s1. The topological polar surface area (TPSA) is 127 Å². The van der Waals surface area contributed by atoms with Gasteiger partial charge in [-0.15, -0.1) is 0 Å². The summed E-state index contributed by atoms with van der Waals surface area (Å²) in [7, 11) is 0. The van der Waals surface area contributed by atoms with Gasteiger partial charge >= 0.3 is 6.09 Å². The molecule has 0 radical (unpaired) electrons. The van der Waals surface area contributed by atoms with Gasteiger partial charge in [0.25, 0.3) is 0 Å². The van der Waals surface area contributed by atoms with E-state index in [4.69, 9.17) is 10.5 Å². The highest BCUT2D eigenvalue weighted by molar-refractivity contribution is 5.90. The molecule has 10 heteroatoms. The first kappa shape index (κ1) is 24.8. The first-order valence-corrected chi connectivity index (χ1v) is 11.4. The van der Waals surface area contributed by atoms with Crippen LogP contribution in [0.2, 0.25) is 0 Å². The third-order valence-electron chi connectivity index (χ3n) is 5.77. The molecule has 2 atom stereocenters. The first-order chi connectivity index (χ1) is 17.3. The number of nitrogens with zero attached hydrogens (tertiary/aromatic N) is 2. The molecule has 1 aliphatic rings. The van der Waals surface area contributed by atoms with E-state index in [1.54, 1.807) is 48.7 Å². The molecule has 1 saturated heterocycles. The number of benzene rings is 2. The Kier molecular flexibility index (Phi) is 7.55. The smallest absolute Gasteiger partial charge is 0.414 e. The van der Waals surface area contributed by atoms with Crippen LogP contribution in [0, 0.1) is 5.82 Å². The zero-order chi connectivity index (χ0) is 25.7. The summed E-state index contributed by atoms with van der Waals surface area (Å²) in [5, 5.41) is 5.70. The highest BCUT2D eigenvalue weighted by Gasteiger charge is 2.32. The van der Waals surface area contributed by atoms with Gasteiger partial charge in [-0.05, 0) is 41.5 Å². The van der Waals surface area contributed by atoms with Crippen LogP contribution < -0.4 is 21.3 Å². The van der Waals surface area contributed by atoms with E-state index in [1.165, 1.54) is 17.9 Å². The van der Waals surface area contributed by atoms with E-state index >= 15 is 4.39 Å². The molecule has 3 aromatic rings. The Morgan fingerprint density at radius 3 is 2.61 bits per heavy atom. The maximum atomic E-state index is 15.0. The molecule has 0 bridgehead atoms. The van der Waals surface area contributed by atoms with E-state index < -0.39 is 30.0 Å². The molecule has 1 aromatic heterocycles. The van der Waals surface area contributed by atoms with Crippen molar-refractivity contribution in [2.45, 2.75) is 25.6 Å². The van der Waals surface area contributed by atoms with Crippen molar-refractivity contribution < 1.29 is 23.5 Å². The molecule has 0 aliphatic carbocycles. The van der Waals surface area contributed by atoms with Gasteiger partial charge in [0.05, 0.1) is 24.5 Å². The van der Waals surface area contributed by atoms with Gasteiger partial charge in [-0.3, -0.25) is 24.8 Å². The number of hydrogen-bond donors (Lipinski definition) is 3. The van der Waals surface area contributed by atoms with Crippen LogP contribution in [0.3, 0.4) is 0 Å². The van der Waals surface area contributed by atoms with Gasteiger partial charge in [0, 0.05) is 25.2 Å². The average molecular weight is 492 g/mol. The number of hydrogen-bond acceptors (Lipinski definition) is 6. The van der Waals surface area contributed by atoms with Crippen LogP contribution in [0.4, 0.5) is 14.9 Å². The van der Waals surface area contributed by atoms with Gasteiger partial charge in [0.1, 0.15) is 18.0 Å². The van der Waals surface area contributed by atoms with E-state index in [2.05, 4.69) is 15.6 Å². The lowest BCUT2D eigenvalue weighted by molar-refractivity contribution is -0.120. The van der Waals surface area contributed by atoms with E-state index in [0.717, 1.165) is 5.69 Å². The molecule has 4 N–H and O–H groups in total. The quantitative estimate of drug-likeness (QED) is 0.422. The van der Waals surface area contributed by atoms with Crippen LogP contribution in [0.15, 0.2) is 66.9 Å². The van der Waals surface area contributed by atoms with Crippen LogP contribution in [-0.4, -0.2) is 42.1 Å². The van der Waals surface area contributed by atoms with Crippen molar-refractivity contribution in [3.05, 3.63) is 83.9 Å². The van der Waals surface area contributed by atoms with Crippen molar-refractivity contribution >= 4 is 23.6 Å². The number of ether oxygens (including phenoxy) is 1. The Labute approximate surface area is 207 Å². The number of nitrogens with two attached hydrogens (primary N) is 1. The van der Waals surface area contributed by atoms with Crippen molar-refractivity contribution in [1.82, 2.24) is 15.6 Å². The monoisotopic (exact) mass is 491 g/mol. The molecule has 36 heavy (non-hydrogen) atoms. The number of amides is 3. The number of carbonyl (C=O) groups is 3. The molecule has 1 fully saturated rings. The fraction of sp³-hybridized carbons (Fsp3) is 0.231. The Morgan fingerprint density at radius 2 is 1.97 bits per heavy atom. The number of primary amides is 1. The number of carbonyl (C=O) groups excluding carboxylic acids is 3. The van der Waals surface area contributed by atoms with Gasteiger partial charge in [0.2, 0.25) is 11.8 Å². The normalized spacial score (nSPS) is 15.9. The minimum Gasteiger partial charge on any atom is -0.442 e. The van der Waals surface area contributed by atoms with Gasteiger partial charge in [-0.25, -0.2) is 9.18 Å². The number of pyridine rings is 1. The zero-order valence-corrected chi connectivity index (χ0v) is 19.6. The predicted octanol–water partition coefficient (Wildman–Crippen LogP) is 2.67. The van der Waals surface area contributed by atoms with Crippen molar-refractivity contribution in [2.24, 2.45) is 5.73 Å². The molecule has 1 aliphatic heterocycles. The fourth-order valence-electron chi connectivity index (χ4n) is 3.95. The SMILES string of the molecule is CC(=O)NC[C@H]1CN(c2ccc(-c3ccc(C(NCc4ccccn4)C(N)=O)cc3)c(F)c2)C(=O)O1. The molecule has 4 rings (SSSR count). The van der Waals surface area contributed by atoms with E-state index in [-0.39, 0.29) is 19.0 Å². The second-order valence-electron chi connectivity index (χ2n) is 8.38. The van der Waals surface area contributed by atoms with Crippen molar-refractivity contribution in [3.8, 4) is 11.1 Å². The number of halogens is 1.